The first-order chi connectivity index (χ1) is 18.0. The highest BCUT2D eigenvalue weighted by Gasteiger charge is 2.24. The van der Waals surface area contributed by atoms with Crippen LogP contribution in [0.1, 0.15) is 11.1 Å². The second-order valence-corrected chi connectivity index (χ2v) is 10.8. The highest BCUT2D eigenvalue weighted by molar-refractivity contribution is 7.90. The highest BCUT2D eigenvalue weighted by atomic mass is 32.2. The van der Waals surface area contributed by atoms with E-state index in [0.29, 0.717) is 33.8 Å². The van der Waals surface area contributed by atoms with Crippen molar-refractivity contribution in [2.24, 2.45) is 7.05 Å². The van der Waals surface area contributed by atoms with Gasteiger partial charge < -0.3 is 15.0 Å². The molecule has 7 nitrogen and oxygen atoms in total. The number of nitrogens with zero attached hydrogens (tertiary/aromatic N) is 2. The second kappa shape index (κ2) is 9.14. The van der Waals surface area contributed by atoms with Crippen LogP contribution in [0, 0.1) is 25.5 Å². The lowest BCUT2D eigenvalue weighted by molar-refractivity contribution is 0.439. The van der Waals surface area contributed by atoms with E-state index in [-0.39, 0.29) is 21.9 Å². The van der Waals surface area contributed by atoms with Gasteiger partial charge in [0.15, 0.2) is 11.6 Å². The molecule has 0 aliphatic carbocycles. The van der Waals surface area contributed by atoms with Crippen LogP contribution in [-0.2, 0) is 17.1 Å². The van der Waals surface area contributed by atoms with E-state index < -0.39 is 27.2 Å². The summed E-state index contributed by atoms with van der Waals surface area (Å²) in [6.45, 7) is 3.59. The van der Waals surface area contributed by atoms with Crippen LogP contribution in [0.15, 0.2) is 82.7 Å². The minimum atomic E-state index is -4.10. The molecule has 5 aromatic rings. The van der Waals surface area contributed by atoms with Crippen LogP contribution in [0.5, 0.6) is 11.5 Å². The standard InChI is InChI=1S/C28H23F2N3O4S/c1-16-4-7-19(8-5-16)38(35,36)33-11-10-20-22(15-32(3)28(34)27(20)33)21-14-24(31)17(2)12-26(21)37-25-9-6-18(29)13-23(25)30/h4-15H,31H2,1-3H3. The zero-order valence-electron chi connectivity index (χ0n) is 20.7. The van der Waals surface area contributed by atoms with E-state index in [0.717, 1.165) is 15.6 Å². The molecule has 0 saturated heterocycles. The molecule has 2 heterocycles. The Labute approximate surface area is 217 Å². The van der Waals surface area contributed by atoms with E-state index >= 15 is 0 Å². The maximum Gasteiger partial charge on any atom is 0.275 e. The SMILES string of the molecule is Cc1ccc(S(=O)(=O)n2ccc3c(-c4cc(N)c(C)cc4Oc4ccc(F)cc4F)cn(C)c(=O)c32)cc1. The fourth-order valence-electron chi connectivity index (χ4n) is 4.24. The van der Waals surface area contributed by atoms with Gasteiger partial charge in [-0.05, 0) is 61.9 Å². The average Bonchev–Trinajstić information content (AvgIpc) is 3.32. The smallest absolute Gasteiger partial charge is 0.275 e. The molecule has 0 radical (unpaired) electrons. The number of aromatic nitrogens is 2. The Morgan fingerprint density at radius 1 is 0.895 bits per heavy atom. The number of halogens is 2. The number of hydrogen-bond donors (Lipinski definition) is 1. The van der Waals surface area contributed by atoms with Gasteiger partial charge in [0.25, 0.3) is 15.6 Å². The highest BCUT2D eigenvalue weighted by Crippen LogP contribution is 2.40. The monoisotopic (exact) mass is 535 g/mol. The van der Waals surface area contributed by atoms with Crippen molar-refractivity contribution in [3.05, 3.63) is 106 Å². The van der Waals surface area contributed by atoms with Crippen LogP contribution in [-0.4, -0.2) is 17.0 Å². The van der Waals surface area contributed by atoms with Crippen molar-refractivity contribution in [2.45, 2.75) is 18.7 Å². The Hall–Kier alpha value is -4.44. The van der Waals surface area contributed by atoms with Crippen molar-refractivity contribution >= 4 is 26.6 Å². The first-order valence-corrected chi connectivity index (χ1v) is 13.0. The quantitative estimate of drug-likeness (QED) is 0.299. The fraction of sp³-hybridized carbons (Fsp3) is 0.107. The van der Waals surface area contributed by atoms with E-state index in [1.807, 2.05) is 6.92 Å². The van der Waals surface area contributed by atoms with Crippen LogP contribution in [0.2, 0.25) is 0 Å². The van der Waals surface area contributed by atoms with E-state index in [2.05, 4.69) is 0 Å². The van der Waals surface area contributed by atoms with E-state index in [4.69, 9.17) is 10.5 Å². The average molecular weight is 536 g/mol. The number of hydrogen-bond acceptors (Lipinski definition) is 5. The van der Waals surface area contributed by atoms with Gasteiger partial charge in [-0.2, -0.15) is 0 Å². The third-order valence-electron chi connectivity index (χ3n) is 6.34. The van der Waals surface area contributed by atoms with Gasteiger partial charge >= 0.3 is 0 Å². The third kappa shape index (κ3) is 4.22. The molecule has 0 saturated carbocycles. The maximum atomic E-state index is 14.4. The summed E-state index contributed by atoms with van der Waals surface area (Å²) in [5.41, 5.74) is 8.36. The number of nitrogen functional groups attached to an aromatic ring is 1. The first kappa shape index (κ1) is 25.2. The third-order valence-corrected chi connectivity index (χ3v) is 8.03. The molecule has 3 aromatic carbocycles. The Balaban J connectivity index is 1.75. The minimum absolute atomic E-state index is 0.0310. The number of aryl methyl sites for hydroxylation is 3. The van der Waals surface area contributed by atoms with Gasteiger partial charge in [-0.15, -0.1) is 0 Å². The molecule has 0 aliphatic heterocycles. The van der Waals surface area contributed by atoms with Gasteiger partial charge in [-0.3, -0.25) is 4.79 Å². The molecular formula is C28H23F2N3O4S. The van der Waals surface area contributed by atoms with Crippen molar-refractivity contribution in [3.8, 4) is 22.6 Å². The number of benzene rings is 3. The Kier molecular flexibility index (Phi) is 6.07. The summed E-state index contributed by atoms with van der Waals surface area (Å²) >= 11 is 0. The summed E-state index contributed by atoms with van der Waals surface area (Å²) in [7, 11) is -2.60. The molecule has 0 atom stereocenters. The molecule has 2 N–H and O–H groups in total. The minimum Gasteiger partial charge on any atom is -0.454 e. The van der Waals surface area contributed by atoms with E-state index in [9.17, 15) is 22.0 Å². The topological polar surface area (TPSA) is 96.3 Å². The lowest BCUT2D eigenvalue weighted by Gasteiger charge is -2.16. The van der Waals surface area contributed by atoms with Gasteiger partial charge in [0, 0.05) is 47.7 Å². The van der Waals surface area contributed by atoms with Crippen LogP contribution in [0.25, 0.3) is 22.0 Å². The molecule has 2 aromatic heterocycles. The van der Waals surface area contributed by atoms with Crippen LogP contribution in [0.3, 0.4) is 0 Å². The molecule has 0 unspecified atom stereocenters. The summed E-state index contributed by atoms with van der Waals surface area (Å²) in [6, 6.07) is 14.0. The number of rotatable bonds is 5. The Morgan fingerprint density at radius 3 is 2.29 bits per heavy atom. The van der Waals surface area contributed by atoms with Crippen molar-refractivity contribution in [1.29, 1.82) is 0 Å². The fourth-order valence-corrected chi connectivity index (χ4v) is 5.58. The second-order valence-electron chi connectivity index (χ2n) is 9.03. The molecule has 10 heteroatoms. The predicted molar refractivity (Wildman–Crippen MR) is 142 cm³/mol. The summed E-state index contributed by atoms with van der Waals surface area (Å²) in [6.07, 6.45) is 2.86. The van der Waals surface area contributed by atoms with Gasteiger partial charge in [0.1, 0.15) is 17.1 Å². The molecule has 5 rings (SSSR count). The summed E-state index contributed by atoms with van der Waals surface area (Å²) in [5, 5.41) is 0.330. The summed E-state index contributed by atoms with van der Waals surface area (Å²) in [5.74, 6) is -1.67. The Bertz CT molecular complexity index is 1890. The summed E-state index contributed by atoms with van der Waals surface area (Å²) in [4.78, 5) is 13.3. The summed E-state index contributed by atoms with van der Waals surface area (Å²) < 4.78 is 63.0. The van der Waals surface area contributed by atoms with Gasteiger partial charge in [0.05, 0.1) is 4.90 Å². The molecular weight excluding hydrogens is 512 g/mol. The van der Waals surface area contributed by atoms with Crippen molar-refractivity contribution in [2.75, 3.05) is 5.73 Å². The van der Waals surface area contributed by atoms with Gasteiger partial charge in [-0.25, -0.2) is 21.2 Å². The number of anilines is 1. The van der Waals surface area contributed by atoms with Gasteiger partial charge in [0.2, 0.25) is 0 Å². The predicted octanol–water partition coefficient (Wildman–Crippen LogP) is 5.51. The molecule has 0 aliphatic rings. The van der Waals surface area contributed by atoms with Crippen LogP contribution >= 0.6 is 0 Å². The number of fused-ring (bicyclic) bond motifs is 1. The normalized spacial score (nSPS) is 11.7. The van der Waals surface area contributed by atoms with Crippen molar-refractivity contribution in [3.63, 3.8) is 0 Å². The molecule has 0 bridgehead atoms. The molecule has 0 fully saturated rings. The zero-order chi connectivity index (χ0) is 27.4. The first-order valence-electron chi connectivity index (χ1n) is 11.5. The van der Waals surface area contributed by atoms with E-state index in [1.54, 1.807) is 31.2 Å². The molecule has 194 valence electrons. The van der Waals surface area contributed by atoms with Crippen LogP contribution in [0.4, 0.5) is 14.5 Å². The maximum absolute atomic E-state index is 14.4. The largest absolute Gasteiger partial charge is 0.454 e. The molecule has 0 spiro atoms. The van der Waals surface area contributed by atoms with Crippen molar-refractivity contribution < 1.29 is 21.9 Å². The lowest BCUT2D eigenvalue weighted by Crippen LogP contribution is -2.22. The van der Waals surface area contributed by atoms with E-state index in [1.165, 1.54) is 48.3 Å². The number of nitrogens with two attached hydrogens (primary N) is 1. The molecule has 38 heavy (non-hydrogen) atoms. The Morgan fingerprint density at radius 2 is 1.61 bits per heavy atom. The molecule has 0 amide bonds. The number of pyridine rings is 1. The van der Waals surface area contributed by atoms with Crippen LogP contribution < -0.4 is 16.0 Å². The lowest BCUT2D eigenvalue weighted by atomic mass is 10.00. The van der Waals surface area contributed by atoms with Gasteiger partial charge in [-0.1, -0.05) is 17.7 Å². The van der Waals surface area contributed by atoms with Crippen molar-refractivity contribution in [1.82, 2.24) is 8.54 Å². The zero-order valence-corrected chi connectivity index (χ0v) is 21.5. The number of ether oxygens (including phenoxy) is 1.